The molecule has 5 heteroatoms. The molecular formula is C19H30N4O. The van der Waals surface area contributed by atoms with Gasteiger partial charge in [0.15, 0.2) is 0 Å². The Balaban J connectivity index is 1.84. The summed E-state index contributed by atoms with van der Waals surface area (Å²) in [6, 6.07) is 8.09. The maximum absolute atomic E-state index is 12.2. The van der Waals surface area contributed by atoms with Gasteiger partial charge in [-0.25, -0.2) is 4.79 Å². The fourth-order valence-electron chi connectivity index (χ4n) is 3.06. The van der Waals surface area contributed by atoms with Crippen LogP contribution in [-0.4, -0.2) is 41.2 Å². The summed E-state index contributed by atoms with van der Waals surface area (Å²) in [7, 11) is 1.99. The predicted octanol–water partition coefficient (Wildman–Crippen LogP) is 3.81. The van der Waals surface area contributed by atoms with E-state index in [4.69, 9.17) is 0 Å². The first kappa shape index (κ1) is 18.3. The van der Waals surface area contributed by atoms with E-state index >= 15 is 0 Å². The van der Waals surface area contributed by atoms with E-state index in [-0.39, 0.29) is 12.1 Å². The van der Waals surface area contributed by atoms with Crippen LogP contribution in [0.3, 0.4) is 0 Å². The second kappa shape index (κ2) is 8.73. The number of fused-ring (bicyclic) bond motifs is 1. The molecule has 2 N–H and O–H groups in total. The van der Waals surface area contributed by atoms with E-state index in [0.29, 0.717) is 0 Å². The zero-order valence-electron chi connectivity index (χ0n) is 15.3. The molecule has 0 aliphatic carbocycles. The largest absolute Gasteiger partial charge is 0.348 e. The summed E-state index contributed by atoms with van der Waals surface area (Å²) in [5.41, 5.74) is 1.96. The van der Waals surface area contributed by atoms with Crippen molar-refractivity contribution in [1.29, 1.82) is 0 Å². The van der Waals surface area contributed by atoms with Gasteiger partial charge in [0.2, 0.25) is 0 Å². The van der Waals surface area contributed by atoms with Crippen LogP contribution in [0.4, 0.5) is 10.5 Å². The van der Waals surface area contributed by atoms with Gasteiger partial charge >= 0.3 is 6.03 Å². The molecule has 0 fully saturated rings. The average molecular weight is 330 g/mol. The van der Waals surface area contributed by atoms with Crippen molar-refractivity contribution in [1.82, 2.24) is 14.8 Å². The van der Waals surface area contributed by atoms with Crippen LogP contribution in [0.2, 0.25) is 0 Å². The number of nitrogens with one attached hydrogen (secondary N) is 2. The fourth-order valence-corrected chi connectivity index (χ4v) is 3.06. The lowest BCUT2D eigenvalue weighted by Crippen LogP contribution is -2.36. The molecule has 132 valence electrons. The Labute approximate surface area is 145 Å². The Hall–Kier alpha value is -2.01. The predicted molar refractivity (Wildman–Crippen MR) is 102 cm³/mol. The fraction of sp³-hybridized carbons (Fsp3) is 0.526. The third-order valence-corrected chi connectivity index (χ3v) is 4.53. The van der Waals surface area contributed by atoms with Crippen LogP contribution < -0.4 is 10.6 Å². The molecule has 0 saturated carbocycles. The smallest absolute Gasteiger partial charge is 0.319 e. The molecule has 1 atom stereocenters. The minimum absolute atomic E-state index is 0.137. The van der Waals surface area contributed by atoms with Crippen molar-refractivity contribution in [3.8, 4) is 0 Å². The highest BCUT2D eigenvalue weighted by Gasteiger charge is 2.11. The van der Waals surface area contributed by atoms with Gasteiger partial charge in [0.1, 0.15) is 0 Å². The number of aryl methyl sites for hydroxylation is 1. The topological polar surface area (TPSA) is 49.3 Å². The van der Waals surface area contributed by atoms with Crippen LogP contribution >= 0.6 is 0 Å². The van der Waals surface area contributed by atoms with Gasteiger partial charge in [0, 0.05) is 30.2 Å². The van der Waals surface area contributed by atoms with Crippen molar-refractivity contribution in [2.24, 2.45) is 7.05 Å². The van der Waals surface area contributed by atoms with Gasteiger partial charge in [0.05, 0.1) is 5.69 Å². The molecule has 0 saturated heterocycles. The van der Waals surface area contributed by atoms with E-state index in [0.717, 1.165) is 49.1 Å². The molecule has 0 aliphatic rings. The number of para-hydroxylation sites is 1. The number of aromatic nitrogens is 1. The van der Waals surface area contributed by atoms with Crippen LogP contribution in [0.1, 0.15) is 33.6 Å². The summed E-state index contributed by atoms with van der Waals surface area (Å²) in [4.78, 5) is 14.6. The number of nitrogens with zero attached hydrogens (tertiary/aromatic N) is 2. The average Bonchev–Trinajstić information content (AvgIpc) is 2.88. The first-order valence-corrected chi connectivity index (χ1v) is 8.89. The van der Waals surface area contributed by atoms with E-state index in [9.17, 15) is 4.79 Å². The van der Waals surface area contributed by atoms with Gasteiger partial charge in [-0.2, -0.15) is 0 Å². The Bertz CT molecular complexity index is 660. The van der Waals surface area contributed by atoms with Crippen molar-refractivity contribution in [2.75, 3.05) is 25.0 Å². The molecule has 1 heterocycles. The maximum Gasteiger partial charge on any atom is 0.319 e. The third kappa shape index (κ3) is 4.74. The number of carbonyl (C=O) groups is 1. The molecule has 2 aromatic rings. The number of rotatable bonds is 8. The molecule has 2 amide bonds. The zero-order chi connectivity index (χ0) is 17.5. The van der Waals surface area contributed by atoms with E-state index in [2.05, 4.69) is 36.3 Å². The maximum atomic E-state index is 12.2. The summed E-state index contributed by atoms with van der Waals surface area (Å²) in [5, 5.41) is 7.07. The second-order valence-corrected chi connectivity index (χ2v) is 6.34. The lowest BCUT2D eigenvalue weighted by molar-refractivity contribution is 0.247. The van der Waals surface area contributed by atoms with Crippen molar-refractivity contribution in [3.05, 3.63) is 30.5 Å². The minimum Gasteiger partial charge on any atom is -0.348 e. The van der Waals surface area contributed by atoms with Crippen molar-refractivity contribution in [3.63, 3.8) is 0 Å². The van der Waals surface area contributed by atoms with Crippen molar-refractivity contribution in [2.45, 2.75) is 39.7 Å². The lowest BCUT2D eigenvalue weighted by Gasteiger charge is -2.19. The third-order valence-electron chi connectivity index (χ3n) is 4.53. The summed E-state index contributed by atoms with van der Waals surface area (Å²) in [5.74, 6) is 0. The highest BCUT2D eigenvalue weighted by atomic mass is 16.2. The molecule has 1 unspecified atom stereocenters. The van der Waals surface area contributed by atoms with Gasteiger partial charge in [-0.3, -0.25) is 0 Å². The molecule has 0 spiro atoms. The second-order valence-electron chi connectivity index (χ2n) is 6.34. The van der Waals surface area contributed by atoms with Crippen LogP contribution in [0.5, 0.6) is 0 Å². The molecule has 24 heavy (non-hydrogen) atoms. The first-order valence-electron chi connectivity index (χ1n) is 8.89. The van der Waals surface area contributed by atoms with Crippen LogP contribution in [0, 0.1) is 0 Å². The van der Waals surface area contributed by atoms with Crippen molar-refractivity contribution < 1.29 is 4.79 Å². The Morgan fingerprint density at radius 2 is 1.96 bits per heavy atom. The van der Waals surface area contributed by atoms with E-state index < -0.39 is 0 Å². The molecule has 0 aliphatic heterocycles. The Kier molecular flexibility index (Phi) is 6.67. The molecule has 0 radical (unpaired) electrons. The number of benzene rings is 1. The van der Waals surface area contributed by atoms with Gasteiger partial charge in [-0.1, -0.05) is 32.0 Å². The van der Waals surface area contributed by atoms with Gasteiger partial charge in [-0.05, 0) is 45.5 Å². The zero-order valence-corrected chi connectivity index (χ0v) is 15.3. The molecular weight excluding hydrogens is 300 g/mol. The van der Waals surface area contributed by atoms with Gasteiger partial charge < -0.3 is 20.1 Å². The van der Waals surface area contributed by atoms with Crippen LogP contribution in [0.15, 0.2) is 30.5 Å². The number of carbonyl (C=O) groups excluding carboxylic acids is 1. The SMILES string of the molecule is CCN(CC)CCCC(C)NC(=O)Nc1cn(C)c2ccccc12. The number of amides is 2. The summed E-state index contributed by atoms with van der Waals surface area (Å²) < 4.78 is 2.03. The highest BCUT2D eigenvalue weighted by molar-refractivity contribution is 6.01. The Morgan fingerprint density at radius 3 is 2.67 bits per heavy atom. The van der Waals surface area contributed by atoms with Crippen molar-refractivity contribution >= 4 is 22.6 Å². The molecule has 1 aromatic heterocycles. The summed E-state index contributed by atoms with van der Waals surface area (Å²) in [6.45, 7) is 9.68. The van der Waals surface area contributed by atoms with Crippen LogP contribution in [0.25, 0.3) is 10.9 Å². The number of hydrogen-bond donors (Lipinski definition) is 2. The molecule has 5 nitrogen and oxygen atoms in total. The quantitative estimate of drug-likeness (QED) is 0.773. The molecule has 1 aromatic carbocycles. The molecule has 0 bridgehead atoms. The first-order chi connectivity index (χ1) is 11.5. The monoisotopic (exact) mass is 330 g/mol. The summed E-state index contributed by atoms with van der Waals surface area (Å²) >= 11 is 0. The highest BCUT2D eigenvalue weighted by Crippen LogP contribution is 2.24. The Morgan fingerprint density at radius 1 is 1.25 bits per heavy atom. The summed E-state index contributed by atoms with van der Waals surface area (Å²) in [6.07, 6.45) is 4.03. The van der Waals surface area contributed by atoms with Crippen LogP contribution in [-0.2, 0) is 7.05 Å². The normalized spacial score (nSPS) is 12.5. The van der Waals surface area contributed by atoms with Gasteiger partial charge in [-0.15, -0.1) is 0 Å². The lowest BCUT2D eigenvalue weighted by atomic mass is 10.2. The minimum atomic E-state index is -0.137. The standard InChI is InChI=1S/C19H30N4O/c1-5-23(6-2)13-9-10-15(3)20-19(24)21-17-14-22(4)18-12-8-7-11-16(17)18/h7-8,11-12,14-15H,5-6,9-10,13H2,1-4H3,(H2,20,21,24). The number of hydrogen-bond acceptors (Lipinski definition) is 2. The number of anilines is 1. The van der Waals surface area contributed by atoms with E-state index in [1.54, 1.807) is 0 Å². The van der Waals surface area contributed by atoms with E-state index in [1.165, 1.54) is 0 Å². The number of urea groups is 1. The van der Waals surface area contributed by atoms with Gasteiger partial charge in [0.25, 0.3) is 0 Å². The molecule has 2 rings (SSSR count). The van der Waals surface area contributed by atoms with E-state index in [1.807, 2.05) is 42.1 Å².